The summed E-state index contributed by atoms with van der Waals surface area (Å²) < 4.78 is 0. The molecule has 0 aromatic carbocycles. The van der Waals surface area contributed by atoms with Crippen molar-refractivity contribution in [3.8, 4) is 0 Å². The molecule has 2 saturated heterocycles. The Labute approximate surface area is 105 Å². The number of aliphatic hydroxyl groups excluding tert-OH is 1. The topological polar surface area (TPSA) is 38.7 Å². The molecule has 2 atom stereocenters. The zero-order valence-electron chi connectivity index (χ0n) is 11.1. The van der Waals surface area contributed by atoms with Crippen LogP contribution in [0.4, 0.5) is 0 Å². The van der Waals surface area contributed by atoms with Crippen molar-refractivity contribution in [1.82, 2.24) is 15.1 Å². The Balaban J connectivity index is 1.73. The third kappa shape index (κ3) is 3.65. The molecule has 0 bridgehead atoms. The number of hydrogen-bond donors (Lipinski definition) is 2. The van der Waals surface area contributed by atoms with E-state index in [0.29, 0.717) is 6.04 Å². The fourth-order valence-corrected chi connectivity index (χ4v) is 3.18. The molecule has 0 aliphatic carbocycles. The molecule has 2 rings (SSSR count). The van der Waals surface area contributed by atoms with Gasteiger partial charge in [-0.25, -0.2) is 0 Å². The van der Waals surface area contributed by atoms with Gasteiger partial charge in [-0.1, -0.05) is 0 Å². The molecule has 2 fully saturated rings. The minimum Gasteiger partial charge on any atom is -0.396 e. The van der Waals surface area contributed by atoms with Crippen molar-refractivity contribution in [2.45, 2.75) is 37.8 Å². The summed E-state index contributed by atoms with van der Waals surface area (Å²) in [6.07, 6.45) is 4.97. The Morgan fingerprint density at radius 2 is 2.06 bits per heavy atom. The Hall–Kier alpha value is -0.160. The molecule has 2 aliphatic rings. The van der Waals surface area contributed by atoms with Crippen LogP contribution in [0, 0.1) is 0 Å². The van der Waals surface area contributed by atoms with E-state index in [1.807, 2.05) is 7.05 Å². The van der Waals surface area contributed by atoms with Crippen LogP contribution in [0.3, 0.4) is 0 Å². The average Bonchev–Trinajstić information content (AvgIpc) is 2.98. The van der Waals surface area contributed by atoms with E-state index in [1.165, 1.54) is 45.4 Å². The predicted octanol–water partition coefficient (Wildman–Crippen LogP) is 0.127. The van der Waals surface area contributed by atoms with Crippen LogP contribution in [0.15, 0.2) is 0 Å². The van der Waals surface area contributed by atoms with E-state index < -0.39 is 0 Å². The van der Waals surface area contributed by atoms with Crippen LogP contribution in [-0.4, -0.2) is 73.4 Å². The van der Waals surface area contributed by atoms with E-state index >= 15 is 0 Å². The van der Waals surface area contributed by atoms with Crippen LogP contribution in [0.5, 0.6) is 0 Å². The molecule has 2 aliphatic heterocycles. The normalized spacial score (nSPS) is 28.9. The second-order valence-electron chi connectivity index (χ2n) is 5.44. The zero-order valence-corrected chi connectivity index (χ0v) is 11.1. The number of likely N-dealkylation sites (N-methyl/N-ethyl adjacent to an activating group) is 1. The van der Waals surface area contributed by atoms with Crippen molar-refractivity contribution in [2.75, 3.05) is 46.4 Å². The highest BCUT2D eigenvalue weighted by Crippen LogP contribution is 2.20. The number of aliphatic hydroxyl groups is 1. The van der Waals surface area contributed by atoms with Gasteiger partial charge in [-0.05, 0) is 52.4 Å². The first-order valence-electron chi connectivity index (χ1n) is 7.08. The number of rotatable bonds is 6. The van der Waals surface area contributed by atoms with Crippen molar-refractivity contribution in [3.63, 3.8) is 0 Å². The summed E-state index contributed by atoms with van der Waals surface area (Å²) in [5.41, 5.74) is 0. The van der Waals surface area contributed by atoms with Crippen LogP contribution >= 0.6 is 0 Å². The maximum Gasteiger partial charge on any atom is 0.0446 e. The standard InChI is InChI=1S/C13H27N3O/c1-14-12(5-9-17)10-15-8-4-13(11-15)16-6-2-3-7-16/h12-14,17H,2-11H2,1H3. The van der Waals surface area contributed by atoms with E-state index in [4.69, 9.17) is 5.11 Å². The van der Waals surface area contributed by atoms with Crippen molar-refractivity contribution >= 4 is 0 Å². The van der Waals surface area contributed by atoms with E-state index in [0.717, 1.165) is 19.0 Å². The lowest BCUT2D eigenvalue weighted by atomic mass is 10.2. The molecule has 0 saturated carbocycles. The summed E-state index contributed by atoms with van der Waals surface area (Å²) >= 11 is 0. The molecule has 0 amide bonds. The molecular weight excluding hydrogens is 214 g/mol. The smallest absolute Gasteiger partial charge is 0.0446 e. The van der Waals surface area contributed by atoms with E-state index in [2.05, 4.69) is 15.1 Å². The first kappa shape index (κ1) is 13.3. The summed E-state index contributed by atoms with van der Waals surface area (Å²) in [5.74, 6) is 0. The van der Waals surface area contributed by atoms with Gasteiger partial charge in [-0.15, -0.1) is 0 Å². The second kappa shape index (κ2) is 6.69. The summed E-state index contributed by atoms with van der Waals surface area (Å²) in [5, 5.41) is 12.3. The highest BCUT2D eigenvalue weighted by Gasteiger charge is 2.29. The zero-order chi connectivity index (χ0) is 12.1. The summed E-state index contributed by atoms with van der Waals surface area (Å²) in [4.78, 5) is 5.22. The van der Waals surface area contributed by atoms with E-state index in [9.17, 15) is 0 Å². The molecular formula is C13H27N3O. The van der Waals surface area contributed by atoms with Crippen LogP contribution < -0.4 is 5.32 Å². The molecule has 0 radical (unpaired) electrons. The van der Waals surface area contributed by atoms with Gasteiger partial charge in [0.2, 0.25) is 0 Å². The summed E-state index contributed by atoms with van der Waals surface area (Å²) in [6, 6.07) is 1.24. The molecule has 2 N–H and O–H groups in total. The number of hydrogen-bond acceptors (Lipinski definition) is 4. The Morgan fingerprint density at radius 1 is 1.29 bits per heavy atom. The van der Waals surface area contributed by atoms with Crippen LogP contribution in [0.25, 0.3) is 0 Å². The molecule has 0 spiro atoms. The maximum atomic E-state index is 9.00. The fourth-order valence-electron chi connectivity index (χ4n) is 3.18. The number of nitrogens with zero attached hydrogens (tertiary/aromatic N) is 2. The molecule has 4 heteroatoms. The molecule has 0 aromatic heterocycles. The molecule has 17 heavy (non-hydrogen) atoms. The van der Waals surface area contributed by atoms with Gasteiger partial charge in [0.1, 0.15) is 0 Å². The van der Waals surface area contributed by atoms with Crippen molar-refractivity contribution < 1.29 is 5.11 Å². The SMILES string of the molecule is CNC(CCO)CN1CCC(N2CCCC2)C1. The Kier molecular flexibility index (Phi) is 5.22. The monoisotopic (exact) mass is 241 g/mol. The van der Waals surface area contributed by atoms with Gasteiger partial charge < -0.3 is 15.3 Å². The molecule has 0 aromatic rings. The van der Waals surface area contributed by atoms with E-state index in [-0.39, 0.29) is 6.61 Å². The van der Waals surface area contributed by atoms with Crippen molar-refractivity contribution in [2.24, 2.45) is 0 Å². The van der Waals surface area contributed by atoms with Gasteiger partial charge in [0.15, 0.2) is 0 Å². The van der Waals surface area contributed by atoms with Gasteiger partial charge in [0.05, 0.1) is 0 Å². The lowest BCUT2D eigenvalue weighted by Crippen LogP contribution is -2.41. The quantitative estimate of drug-likeness (QED) is 0.693. The van der Waals surface area contributed by atoms with Crippen LogP contribution in [-0.2, 0) is 0 Å². The average molecular weight is 241 g/mol. The van der Waals surface area contributed by atoms with E-state index in [1.54, 1.807) is 0 Å². The maximum absolute atomic E-state index is 9.00. The lowest BCUT2D eigenvalue weighted by molar-refractivity contribution is 0.209. The first-order valence-corrected chi connectivity index (χ1v) is 7.08. The molecule has 2 unspecified atom stereocenters. The number of likely N-dealkylation sites (tertiary alicyclic amines) is 2. The van der Waals surface area contributed by atoms with Gasteiger partial charge >= 0.3 is 0 Å². The van der Waals surface area contributed by atoms with Gasteiger partial charge in [0, 0.05) is 31.8 Å². The van der Waals surface area contributed by atoms with Gasteiger partial charge in [-0.3, -0.25) is 4.90 Å². The minimum atomic E-state index is 0.287. The minimum absolute atomic E-state index is 0.287. The number of nitrogens with one attached hydrogen (secondary N) is 1. The van der Waals surface area contributed by atoms with Crippen molar-refractivity contribution in [1.29, 1.82) is 0 Å². The second-order valence-corrected chi connectivity index (χ2v) is 5.44. The first-order chi connectivity index (χ1) is 8.33. The van der Waals surface area contributed by atoms with Crippen LogP contribution in [0.1, 0.15) is 25.7 Å². The largest absolute Gasteiger partial charge is 0.396 e. The molecule has 100 valence electrons. The van der Waals surface area contributed by atoms with Crippen molar-refractivity contribution in [3.05, 3.63) is 0 Å². The highest BCUT2D eigenvalue weighted by molar-refractivity contribution is 4.87. The Bertz CT molecular complexity index is 219. The summed E-state index contributed by atoms with van der Waals surface area (Å²) in [6.45, 7) is 6.44. The van der Waals surface area contributed by atoms with Gasteiger partial charge in [-0.2, -0.15) is 0 Å². The fraction of sp³-hybridized carbons (Fsp3) is 1.00. The third-order valence-corrected chi connectivity index (χ3v) is 4.27. The van der Waals surface area contributed by atoms with Crippen LogP contribution in [0.2, 0.25) is 0 Å². The molecule has 2 heterocycles. The lowest BCUT2D eigenvalue weighted by Gasteiger charge is -2.26. The van der Waals surface area contributed by atoms with Gasteiger partial charge in [0.25, 0.3) is 0 Å². The highest BCUT2D eigenvalue weighted by atomic mass is 16.3. The third-order valence-electron chi connectivity index (χ3n) is 4.27. The predicted molar refractivity (Wildman–Crippen MR) is 70.2 cm³/mol. The Morgan fingerprint density at radius 3 is 2.71 bits per heavy atom. The summed E-state index contributed by atoms with van der Waals surface area (Å²) in [7, 11) is 1.99. The molecule has 4 nitrogen and oxygen atoms in total.